The van der Waals surface area contributed by atoms with Gasteiger partial charge < -0.3 is 10.0 Å². The predicted molar refractivity (Wildman–Crippen MR) is 74.9 cm³/mol. The van der Waals surface area contributed by atoms with Gasteiger partial charge in [-0.05, 0) is 30.2 Å². The molecule has 1 unspecified atom stereocenters. The number of carbonyl (C=O) groups is 2. The summed E-state index contributed by atoms with van der Waals surface area (Å²) in [6.45, 7) is 3.64. The Labute approximate surface area is 116 Å². The molecule has 1 aliphatic heterocycles. The van der Waals surface area contributed by atoms with Crippen LogP contribution in [0, 0.1) is 5.92 Å². The lowest BCUT2D eigenvalue weighted by molar-refractivity contribution is 0.0698. The van der Waals surface area contributed by atoms with E-state index in [-0.39, 0.29) is 11.6 Å². The minimum atomic E-state index is -1.01. The molecule has 2 heterocycles. The van der Waals surface area contributed by atoms with Crippen molar-refractivity contribution in [2.24, 2.45) is 5.92 Å². The van der Waals surface area contributed by atoms with E-state index >= 15 is 0 Å². The van der Waals surface area contributed by atoms with Gasteiger partial charge in [0.05, 0.1) is 5.56 Å². The van der Waals surface area contributed by atoms with Gasteiger partial charge in [-0.3, -0.25) is 5.32 Å². The van der Waals surface area contributed by atoms with Crippen molar-refractivity contribution in [3.05, 3.63) is 17.0 Å². The zero-order valence-electron chi connectivity index (χ0n) is 10.9. The number of piperidine rings is 1. The molecular formula is C13H18N2O3S. The van der Waals surface area contributed by atoms with E-state index in [0.29, 0.717) is 10.9 Å². The Kier molecular flexibility index (Phi) is 4.42. The summed E-state index contributed by atoms with van der Waals surface area (Å²) in [5, 5.41) is 13.8. The van der Waals surface area contributed by atoms with Gasteiger partial charge >= 0.3 is 12.0 Å². The molecule has 1 atom stereocenters. The number of nitrogens with zero attached hydrogens (tertiary/aromatic N) is 1. The van der Waals surface area contributed by atoms with Crippen molar-refractivity contribution < 1.29 is 14.7 Å². The van der Waals surface area contributed by atoms with E-state index in [1.807, 2.05) is 0 Å². The van der Waals surface area contributed by atoms with Crippen LogP contribution in [0.3, 0.4) is 0 Å². The van der Waals surface area contributed by atoms with Gasteiger partial charge in [-0.25, -0.2) is 9.59 Å². The molecule has 5 nitrogen and oxygen atoms in total. The smallest absolute Gasteiger partial charge is 0.338 e. The standard InChI is InChI=1S/C13H18N2O3S/c1-2-9-4-3-6-15(8-9)13(18)14-11-10(12(16)17)5-7-19-11/h5,7,9H,2-4,6,8H2,1H3,(H,14,18)(H,16,17). The van der Waals surface area contributed by atoms with Crippen LogP contribution in [0.25, 0.3) is 0 Å². The predicted octanol–water partition coefficient (Wildman–Crippen LogP) is 3.10. The quantitative estimate of drug-likeness (QED) is 0.895. The highest BCUT2D eigenvalue weighted by Crippen LogP contribution is 2.25. The lowest BCUT2D eigenvalue weighted by Gasteiger charge is -2.32. The maximum absolute atomic E-state index is 12.1. The topological polar surface area (TPSA) is 69.6 Å². The number of hydrogen-bond donors (Lipinski definition) is 2. The van der Waals surface area contributed by atoms with Gasteiger partial charge in [0, 0.05) is 13.1 Å². The summed E-state index contributed by atoms with van der Waals surface area (Å²) in [6.07, 6.45) is 3.25. The van der Waals surface area contributed by atoms with Gasteiger partial charge in [0.25, 0.3) is 0 Å². The summed E-state index contributed by atoms with van der Waals surface area (Å²) in [4.78, 5) is 24.9. The number of thiophene rings is 1. The number of carboxylic acid groups (broad SMARTS) is 1. The molecule has 1 aromatic heterocycles. The number of amides is 2. The van der Waals surface area contributed by atoms with Crippen LogP contribution in [-0.4, -0.2) is 35.1 Å². The van der Waals surface area contributed by atoms with Gasteiger partial charge in [-0.2, -0.15) is 0 Å². The Morgan fingerprint density at radius 2 is 2.37 bits per heavy atom. The van der Waals surface area contributed by atoms with E-state index in [9.17, 15) is 9.59 Å². The number of urea groups is 1. The lowest BCUT2D eigenvalue weighted by Crippen LogP contribution is -2.42. The number of nitrogens with one attached hydrogen (secondary N) is 1. The van der Waals surface area contributed by atoms with E-state index in [0.717, 1.165) is 25.9 Å². The summed E-state index contributed by atoms with van der Waals surface area (Å²) in [6, 6.07) is 1.32. The van der Waals surface area contributed by atoms with E-state index in [1.165, 1.54) is 23.8 Å². The van der Waals surface area contributed by atoms with E-state index in [1.54, 1.807) is 10.3 Å². The Hall–Kier alpha value is -1.56. The van der Waals surface area contributed by atoms with E-state index in [2.05, 4.69) is 12.2 Å². The molecule has 1 fully saturated rings. The SMILES string of the molecule is CCC1CCCN(C(=O)Nc2sccc2C(=O)O)C1. The van der Waals surface area contributed by atoms with Crippen molar-refractivity contribution >= 4 is 28.3 Å². The monoisotopic (exact) mass is 282 g/mol. The van der Waals surface area contributed by atoms with Crippen molar-refractivity contribution in [1.82, 2.24) is 4.90 Å². The Balaban J connectivity index is 2.00. The van der Waals surface area contributed by atoms with E-state index < -0.39 is 5.97 Å². The first-order valence-corrected chi connectivity index (χ1v) is 7.36. The first-order valence-electron chi connectivity index (χ1n) is 6.48. The minimum absolute atomic E-state index is 0.155. The molecule has 0 spiro atoms. The van der Waals surface area contributed by atoms with Gasteiger partial charge in [-0.1, -0.05) is 13.3 Å². The highest BCUT2D eigenvalue weighted by molar-refractivity contribution is 7.14. The third kappa shape index (κ3) is 3.26. The average Bonchev–Trinajstić information content (AvgIpc) is 2.87. The number of hydrogen-bond acceptors (Lipinski definition) is 3. The molecule has 6 heteroatoms. The molecule has 1 aliphatic rings. The van der Waals surface area contributed by atoms with Gasteiger partial charge in [0.2, 0.25) is 0 Å². The fourth-order valence-corrected chi connectivity index (χ4v) is 3.10. The van der Waals surface area contributed by atoms with Crippen LogP contribution in [-0.2, 0) is 0 Å². The second-order valence-corrected chi connectivity index (χ2v) is 5.68. The molecule has 2 N–H and O–H groups in total. The number of anilines is 1. The van der Waals surface area contributed by atoms with Crippen molar-refractivity contribution in [1.29, 1.82) is 0 Å². The van der Waals surface area contributed by atoms with Crippen LogP contribution in [0.15, 0.2) is 11.4 Å². The van der Waals surface area contributed by atoms with Crippen LogP contribution in [0.2, 0.25) is 0 Å². The first-order chi connectivity index (χ1) is 9.11. The Morgan fingerprint density at radius 1 is 1.58 bits per heavy atom. The number of carbonyl (C=O) groups excluding carboxylic acids is 1. The van der Waals surface area contributed by atoms with Crippen LogP contribution in [0.5, 0.6) is 0 Å². The molecule has 0 aliphatic carbocycles. The summed E-state index contributed by atoms with van der Waals surface area (Å²) >= 11 is 1.24. The maximum atomic E-state index is 12.1. The molecule has 19 heavy (non-hydrogen) atoms. The van der Waals surface area contributed by atoms with Crippen LogP contribution in [0.1, 0.15) is 36.5 Å². The molecule has 0 aromatic carbocycles. The summed E-state index contributed by atoms with van der Waals surface area (Å²) in [5.74, 6) is -0.455. The number of aromatic carboxylic acids is 1. The maximum Gasteiger partial charge on any atom is 0.338 e. The summed E-state index contributed by atoms with van der Waals surface area (Å²) in [7, 11) is 0. The van der Waals surface area contributed by atoms with Crippen molar-refractivity contribution in [2.45, 2.75) is 26.2 Å². The largest absolute Gasteiger partial charge is 0.478 e. The molecule has 1 aromatic rings. The zero-order valence-corrected chi connectivity index (χ0v) is 11.7. The fraction of sp³-hybridized carbons (Fsp3) is 0.538. The third-order valence-corrected chi connectivity index (χ3v) is 4.33. The van der Waals surface area contributed by atoms with Gasteiger partial charge in [-0.15, -0.1) is 11.3 Å². The number of rotatable bonds is 3. The van der Waals surface area contributed by atoms with Crippen molar-refractivity contribution in [3.63, 3.8) is 0 Å². The first kappa shape index (κ1) is 13.9. The molecule has 104 valence electrons. The van der Waals surface area contributed by atoms with Gasteiger partial charge in [0.15, 0.2) is 0 Å². The normalized spacial score (nSPS) is 19.2. The zero-order chi connectivity index (χ0) is 13.8. The highest BCUT2D eigenvalue weighted by Gasteiger charge is 2.23. The Bertz CT molecular complexity index is 472. The highest BCUT2D eigenvalue weighted by atomic mass is 32.1. The van der Waals surface area contributed by atoms with Crippen LogP contribution >= 0.6 is 11.3 Å². The molecule has 0 saturated carbocycles. The van der Waals surface area contributed by atoms with Crippen LogP contribution < -0.4 is 5.32 Å². The van der Waals surface area contributed by atoms with Crippen molar-refractivity contribution in [3.8, 4) is 0 Å². The van der Waals surface area contributed by atoms with Gasteiger partial charge in [0.1, 0.15) is 5.00 Å². The second-order valence-electron chi connectivity index (χ2n) is 4.76. The number of carboxylic acids is 1. The number of likely N-dealkylation sites (tertiary alicyclic amines) is 1. The molecular weight excluding hydrogens is 264 g/mol. The molecule has 2 amide bonds. The molecule has 0 bridgehead atoms. The summed E-state index contributed by atoms with van der Waals surface area (Å²) < 4.78 is 0. The fourth-order valence-electron chi connectivity index (χ4n) is 2.33. The molecule has 0 radical (unpaired) electrons. The molecule has 1 saturated heterocycles. The minimum Gasteiger partial charge on any atom is -0.478 e. The Morgan fingerprint density at radius 3 is 3.05 bits per heavy atom. The average molecular weight is 282 g/mol. The second kappa shape index (κ2) is 6.06. The van der Waals surface area contributed by atoms with Crippen molar-refractivity contribution in [2.75, 3.05) is 18.4 Å². The summed E-state index contributed by atoms with van der Waals surface area (Å²) in [5.41, 5.74) is 0.155. The third-order valence-electron chi connectivity index (χ3n) is 3.50. The molecule has 2 rings (SSSR count). The lowest BCUT2D eigenvalue weighted by atomic mass is 9.96. The van der Waals surface area contributed by atoms with Crippen LogP contribution in [0.4, 0.5) is 9.80 Å². The van der Waals surface area contributed by atoms with E-state index in [4.69, 9.17) is 5.11 Å².